The van der Waals surface area contributed by atoms with Crippen LogP contribution < -0.4 is 5.32 Å². The molecule has 0 fully saturated rings. The van der Waals surface area contributed by atoms with E-state index < -0.39 is 40.5 Å². The lowest BCUT2D eigenvalue weighted by Gasteiger charge is -2.19. The van der Waals surface area contributed by atoms with E-state index in [-0.39, 0.29) is 18.7 Å². The second-order valence-corrected chi connectivity index (χ2v) is 6.49. The van der Waals surface area contributed by atoms with Crippen molar-refractivity contribution in [2.45, 2.75) is 26.4 Å². The minimum Gasteiger partial charge on any atom is -0.481 e. The number of nitrogens with one attached hydrogen (secondary N) is 1. The molecule has 0 aliphatic rings. The molecule has 1 aromatic carbocycles. The number of amides is 1. The number of nitrogens with zero attached hydrogens (tertiary/aromatic N) is 2. The first-order valence-electron chi connectivity index (χ1n) is 7.86. The summed E-state index contributed by atoms with van der Waals surface area (Å²) in [6, 6.07) is 4.17. The average Bonchev–Trinajstić information content (AvgIpc) is 3.00. The van der Waals surface area contributed by atoms with Crippen LogP contribution in [0.2, 0.25) is 0 Å². The molecule has 6 nitrogen and oxygen atoms in total. The summed E-state index contributed by atoms with van der Waals surface area (Å²) in [5.41, 5.74) is -3.21. The summed E-state index contributed by atoms with van der Waals surface area (Å²) >= 11 is 0. The second kappa shape index (κ2) is 7.37. The normalized spacial score (nSPS) is 12.1. The number of hydrogen-bond donors (Lipinski definition) is 2. The lowest BCUT2D eigenvalue weighted by molar-refractivity contribution is -0.147. The van der Waals surface area contributed by atoms with E-state index in [1.165, 1.54) is 13.8 Å². The van der Waals surface area contributed by atoms with E-state index in [4.69, 9.17) is 5.11 Å². The Labute approximate surface area is 151 Å². The van der Waals surface area contributed by atoms with Crippen LogP contribution in [-0.2, 0) is 11.0 Å². The van der Waals surface area contributed by atoms with Crippen molar-refractivity contribution < 1.29 is 32.3 Å². The SMILES string of the molecule is CC(C)(CCNC(=O)c1cnn(-c2ccc(F)cc2)c1C(F)(F)F)C(=O)O. The predicted molar refractivity (Wildman–Crippen MR) is 86.9 cm³/mol. The third kappa shape index (κ3) is 4.63. The fraction of sp³-hybridized carbons (Fsp3) is 0.353. The minimum absolute atomic E-state index is 0.0293. The first-order valence-corrected chi connectivity index (χ1v) is 7.86. The van der Waals surface area contributed by atoms with Crippen LogP contribution in [0.4, 0.5) is 17.6 Å². The van der Waals surface area contributed by atoms with E-state index in [1.807, 2.05) is 0 Å². The minimum atomic E-state index is -4.89. The van der Waals surface area contributed by atoms with E-state index >= 15 is 0 Å². The molecule has 0 saturated heterocycles. The van der Waals surface area contributed by atoms with E-state index in [0.717, 1.165) is 30.5 Å². The highest BCUT2D eigenvalue weighted by molar-refractivity contribution is 5.95. The van der Waals surface area contributed by atoms with Crippen LogP contribution in [0.15, 0.2) is 30.5 Å². The van der Waals surface area contributed by atoms with Gasteiger partial charge in [0.1, 0.15) is 5.82 Å². The highest BCUT2D eigenvalue weighted by atomic mass is 19.4. The summed E-state index contributed by atoms with van der Waals surface area (Å²) < 4.78 is 54.0. The van der Waals surface area contributed by atoms with Gasteiger partial charge >= 0.3 is 12.1 Å². The molecule has 10 heteroatoms. The third-order valence-corrected chi connectivity index (χ3v) is 3.97. The van der Waals surface area contributed by atoms with Crippen molar-refractivity contribution in [2.24, 2.45) is 5.41 Å². The van der Waals surface area contributed by atoms with Gasteiger partial charge < -0.3 is 10.4 Å². The van der Waals surface area contributed by atoms with Crippen LogP contribution in [0.25, 0.3) is 5.69 Å². The van der Waals surface area contributed by atoms with Crippen molar-refractivity contribution in [3.63, 3.8) is 0 Å². The fourth-order valence-corrected chi connectivity index (χ4v) is 2.26. The summed E-state index contributed by atoms with van der Waals surface area (Å²) in [6.45, 7) is 2.75. The quantitative estimate of drug-likeness (QED) is 0.746. The van der Waals surface area contributed by atoms with E-state index in [1.54, 1.807) is 0 Å². The molecule has 0 bridgehead atoms. The Balaban J connectivity index is 2.28. The van der Waals surface area contributed by atoms with Gasteiger partial charge in [-0.25, -0.2) is 9.07 Å². The Morgan fingerprint density at radius 3 is 2.30 bits per heavy atom. The number of benzene rings is 1. The predicted octanol–water partition coefficient (Wildman–Crippen LogP) is 3.26. The van der Waals surface area contributed by atoms with Gasteiger partial charge in [-0.2, -0.15) is 18.3 Å². The van der Waals surface area contributed by atoms with Crippen LogP contribution >= 0.6 is 0 Å². The van der Waals surface area contributed by atoms with E-state index in [2.05, 4.69) is 10.4 Å². The standard InChI is InChI=1S/C17H17F4N3O3/c1-16(2,15(26)27)7-8-22-14(25)12-9-23-24(13(12)17(19,20)21)11-5-3-10(18)4-6-11/h3-6,9H,7-8H2,1-2H3,(H,22,25)(H,26,27). The highest BCUT2D eigenvalue weighted by Gasteiger charge is 2.40. The summed E-state index contributed by atoms with van der Waals surface area (Å²) in [7, 11) is 0. The maximum Gasteiger partial charge on any atom is 0.434 e. The first kappa shape index (κ1) is 20.4. The Hall–Kier alpha value is -2.91. The van der Waals surface area contributed by atoms with Gasteiger partial charge in [-0.15, -0.1) is 0 Å². The largest absolute Gasteiger partial charge is 0.481 e. The fourth-order valence-electron chi connectivity index (χ4n) is 2.26. The number of carbonyl (C=O) groups excluding carboxylic acids is 1. The molecule has 1 amide bonds. The smallest absolute Gasteiger partial charge is 0.434 e. The average molecular weight is 387 g/mol. The second-order valence-electron chi connectivity index (χ2n) is 6.49. The van der Waals surface area contributed by atoms with Crippen molar-refractivity contribution in [2.75, 3.05) is 6.54 Å². The molecule has 0 aliphatic heterocycles. The van der Waals surface area contributed by atoms with Crippen LogP contribution in [0.3, 0.4) is 0 Å². The molecule has 2 aromatic rings. The Morgan fingerprint density at radius 2 is 1.78 bits per heavy atom. The monoisotopic (exact) mass is 387 g/mol. The van der Waals surface area contributed by atoms with Crippen molar-refractivity contribution in [3.8, 4) is 5.69 Å². The van der Waals surface area contributed by atoms with Crippen molar-refractivity contribution in [1.29, 1.82) is 0 Å². The van der Waals surface area contributed by atoms with Gasteiger partial charge in [-0.05, 0) is 44.5 Å². The Bertz CT molecular complexity index is 842. The summed E-state index contributed by atoms with van der Waals surface area (Å²) in [4.78, 5) is 23.2. The molecular weight excluding hydrogens is 370 g/mol. The van der Waals surface area contributed by atoms with Gasteiger partial charge in [0.2, 0.25) is 0 Å². The maximum absolute atomic E-state index is 13.5. The number of carboxylic acid groups (broad SMARTS) is 1. The van der Waals surface area contributed by atoms with Gasteiger partial charge in [-0.3, -0.25) is 9.59 Å². The van der Waals surface area contributed by atoms with Gasteiger partial charge in [0.15, 0.2) is 5.69 Å². The molecule has 0 aliphatic carbocycles. The van der Waals surface area contributed by atoms with Gasteiger partial charge in [0, 0.05) is 6.54 Å². The molecular formula is C17H17F4N3O3. The summed E-state index contributed by atoms with van der Waals surface area (Å²) in [5, 5.41) is 14.9. The molecule has 0 saturated carbocycles. The number of carboxylic acids is 1. The van der Waals surface area contributed by atoms with Crippen LogP contribution in [0.1, 0.15) is 36.3 Å². The number of carbonyl (C=O) groups is 2. The summed E-state index contributed by atoms with van der Waals surface area (Å²) in [5.74, 6) is -2.74. The van der Waals surface area contributed by atoms with Crippen molar-refractivity contribution in [3.05, 3.63) is 47.5 Å². The maximum atomic E-state index is 13.5. The molecule has 0 radical (unpaired) electrons. The number of aromatic nitrogens is 2. The number of aliphatic carboxylic acids is 1. The van der Waals surface area contributed by atoms with E-state index in [0.29, 0.717) is 4.68 Å². The first-order chi connectivity index (χ1) is 12.4. The molecule has 1 aromatic heterocycles. The lowest BCUT2D eigenvalue weighted by atomic mass is 9.90. The number of halogens is 4. The van der Waals surface area contributed by atoms with Crippen LogP contribution in [0.5, 0.6) is 0 Å². The van der Waals surface area contributed by atoms with Gasteiger partial charge in [-0.1, -0.05) is 0 Å². The Kier molecular flexibility index (Phi) is 5.57. The third-order valence-electron chi connectivity index (χ3n) is 3.97. The number of alkyl halides is 3. The molecule has 0 spiro atoms. The zero-order chi connectivity index (χ0) is 20.4. The van der Waals surface area contributed by atoms with E-state index in [9.17, 15) is 27.2 Å². The van der Waals surface area contributed by atoms with Crippen LogP contribution in [-0.4, -0.2) is 33.3 Å². The van der Waals surface area contributed by atoms with Crippen molar-refractivity contribution >= 4 is 11.9 Å². The van der Waals surface area contributed by atoms with Gasteiger partial charge in [0.25, 0.3) is 5.91 Å². The highest BCUT2D eigenvalue weighted by Crippen LogP contribution is 2.33. The topological polar surface area (TPSA) is 84.2 Å². The molecule has 1 heterocycles. The molecule has 2 N–H and O–H groups in total. The molecule has 2 rings (SSSR count). The van der Waals surface area contributed by atoms with Crippen molar-refractivity contribution in [1.82, 2.24) is 15.1 Å². The zero-order valence-electron chi connectivity index (χ0n) is 14.5. The summed E-state index contributed by atoms with van der Waals surface area (Å²) in [6.07, 6.45) is -4.09. The number of hydrogen-bond acceptors (Lipinski definition) is 3. The zero-order valence-corrected chi connectivity index (χ0v) is 14.5. The molecule has 0 unspecified atom stereocenters. The molecule has 146 valence electrons. The Morgan fingerprint density at radius 1 is 1.19 bits per heavy atom. The van der Waals surface area contributed by atoms with Gasteiger partial charge in [0.05, 0.1) is 22.9 Å². The van der Waals surface area contributed by atoms with Crippen LogP contribution in [0, 0.1) is 11.2 Å². The number of rotatable bonds is 6. The molecule has 0 atom stereocenters. The lowest BCUT2D eigenvalue weighted by Crippen LogP contribution is -2.32. The molecule has 27 heavy (non-hydrogen) atoms.